The minimum absolute atomic E-state index is 0.0511. The fourth-order valence-corrected chi connectivity index (χ4v) is 3.41. The number of nitrogens with zero attached hydrogens (tertiary/aromatic N) is 5. The lowest BCUT2D eigenvalue weighted by Crippen LogP contribution is -2.35. The molecule has 0 fully saturated rings. The van der Waals surface area contributed by atoms with Gasteiger partial charge in [-0.3, -0.25) is 24.4 Å². The minimum Gasteiger partial charge on any atom is -0.479 e. The molecule has 12 heteroatoms. The number of hydrogen-bond acceptors (Lipinski definition) is 8. The highest BCUT2D eigenvalue weighted by molar-refractivity contribution is 7.22. The van der Waals surface area contributed by atoms with Gasteiger partial charge in [0.25, 0.3) is 11.6 Å². The largest absolute Gasteiger partial charge is 0.479 e. The van der Waals surface area contributed by atoms with Crippen molar-refractivity contribution in [1.29, 1.82) is 0 Å². The number of benzene rings is 1. The molecule has 0 saturated heterocycles. The van der Waals surface area contributed by atoms with Crippen LogP contribution < -0.4 is 10.1 Å². The Morgan fingerprint density at radius 1 is 1.43 bits per heavy atom. The number of non-ortho nitro benzene ring substituents is 1. The van der Waals surface area contributed by atoms with Crippen molar-refractivity contribution in [2.24, 2.45) is 7.05 Å². The lowest BCUT2D eigenvalue weighted by molar-refractivity contribution is -0.384. The average Bonchev–Trinajstić information content (AvgIpc) is 3.22. The monoisotopic (exact) mass is 404 g/mol. The molecule has 0 atom stereocenters. The predicted octanol–water partition coefficient (Wildman–Crippen LogP) is 1.66. The summed E-state index contributed by atoms with van der Waals surface area (Å²) in [6.07, 6.45) is 1.51. The van der Waals surface area contributed by atoms with Gasteiger partial charge >= 0.3 is 0 Å². The number of carbonyl (C=O) groups excluding carboxylic acids is 2. The zero-order chi connectivity index (χ0) is 20.4. The molecule has 1 N–H and O–H groups in total. The molecule has 0 radical (unpaired) electrons. The van der Waals surface area contributed by atoms with E-state index in [4.69, 9.17) is 4.74 Å². The SMILES string of the molecule is COc1nn(C)cc1C(=O)N(C)CC(=O)Nc1nc2ccc([N+](=O)[O-])cc2s1. The number of rotatable bonds is 6. The molecule has 3 aromatic rings. The van der Waals surface area contributed by atoms with Crippen LogP contribution in [0.4, 0.5) is 10.8 Å². The van der Waals surface area contributed by atoms with Crippen LogP contribution in [0.5, 0.6) is 5.88 Å². The van der Waals surface area contributed by atoms with Crippen LogP contribution in [0, 0.1) is 10.1 Å². The van der Waals surface area contributed by atoms with Crippen molar-refractivity contribution in [3.05, 3.63) is 40.1 Å². The molecule has 0 spiro atoms. The molecule has 146 valence electrons. The molecule has 11 nitrogen and oxygen atoms in total. The van der Waals surface area contributed by atoms with Gasteiger partial charge in [0, 0.05) is 32.4 Å². The van der Waals surface area contributed by atoms with Crippen LogP contribution in [-0.2, 0) is 11.8 Å². The van der Waals surface area contributed by atoms with E-state index in [0.29, 0.717) is 15.3 Å². The number of amides is 2. The van der Waals surface area contributed by atoms with E-state index in [1.165, 1.54) is 48.1 Å². The summed E-state index contributed by atoms with van der Waals surface area (Å²) in [4.78, 5) is 40.6. The van der Waals surface area contributed by atoms with Crippen LogP contribution in [-0.4, -0.2) is 57.1 Å². The van der Waals surface area contributed by atoms with E-state index in [1.54, 1.807) is 7.05 Å². The van der Waals surface area contributed by atoms with Gasteiger partial charge in [-0.25, -0.2) is 4.98 Å². The van der Waals surface area contributed by atoms with Gasteiger partial charge in [-0.1, -0.05) is 11.3 Å². The number of fused-ring (bicyclic) bond motifs is 1. The van der Waals surface area contributed by atoms with Gasteiger partial charge in [-0.05, 0) is 6.07 Å². The number of nitro groups is 1. The Morgan fingerprint density at radius 3 is 2.86 bits per heavy atom. The molecule has 28 heavy (non-hydrogen) atoms. The maximum absolute atomic E-state index is 12.5. The fraction of sp³-hybridized carbons (Fsp3) is 0.250. The molecule has 0 aliphatic heterocycles. The van der Waals surface area contributed by atoms with E-state index in [-0.39, 0.29) is 23.7 Å². The van der Waals surface area contributed by atoms with Crippen molar-refractivity contribution < 1.29 is 19.2 Å². The number of methoxy groups -OCH3 is 1. The van der Waals surface area contributed by atoms with Gasteiger partial charge in [0.15, 0.2) is 5.13 Å². The second kappa shape index (κ2) is 7.60. The molecule has 2 amide bonds. The van der Waals surface area contributed by atoms with Crippen molar-refractivity contribution >= 4 is 44.2 Å². The Balaban J connectivity index is 1.68. The second-order valence-corrected chi connectivity index (χ2v) is 6.89. The number of thiazole rings is 1. The summed E-state index contributed by atoms with van der Waals surface area (Å²) in [5.74, 6) is -0.695. The highest BCUT2D eigenvalue weighted by Gasteiger charge is 2.22. The Labute approximate surface area is 162 Å². The highest BCUT2D eigenvalue weighted by Crippen LogP contribution is 2.29. The minimum atomic E-state index is -0.495. The molecule has 0 unspecified atom stereocenters. The van der Waals surface area contributed by atoms with Crippen molar-refractivity contribution in [2.75, 3.05) is 26.0 Å². The summed E-state index contributed by atoms with van der Waals surface area (Å²) < 4.78 is 7.08. The van der Waals surface area contributed by atoms with Crippen molar-refractivity contribution in [1.82, 2.24) is 19.7 Å². The average molecular weight is 404 g/mol. The first-order chi connectivity index (χ1) is 13.3. The van der Waals surface area contributed by atoms with Crippen LogP contribution in [0.25, 0.3) is 10.2 Å². The van der Waals surface area contributed by atoms with Gasteiger partial charge in [0.1, 0.15) is 5.56 Å². The Hall–Kier alpha value is -3.54. The standard InChI is InChI=1S/C16H16N6O5S/c1-20(15(24)10-7-21(2)19-14(10)27-3)8-13(23)18-16-17-11-5-4-9(22(25)26)6-12(11)28-16/h4-7H,8H2,1-3H3,(H,17,18,23). The van der Waals surface area contributed by atoms with Crippen LogP contribution in [0.1, 0.15) is 10.4 Å². The zero-order valence-corrected chi connectivity index (χ0v) is 16.0. The smallest absolute Gasteiger partial charge is 0.270 e. The first kappa shape index (κ1) is 19.2. The lowest BCUT2D eigenvalue weighted by atomic mass is 10.3. The first-order valence-corrected chi connectivity index (χ1v) is 8.78. The van der Waals surface area contributed by atoms with Gasteiger partial charge in [-0.15, -0.1) is 5.10 Å². The molecule has 1 aromatic carbocycles. The summed E-state index contributed by atoms with van der Waals surface area (Å²) in [6, 6.07) is 4.26. The molecular formula is C16H16N6O5S. The van der Waals surface area contributed by atoms with Gasteiger partial charge < -0.3 is 15.0 Å². The predicted molar refractivity (Wildman–Crippen MR) is 102 cm³/mol. The number of likely N-dealkylation sites (N-methyl/N-ethyl adjacent to an activating group) is 1. The van der Waals surface area contributed by atoms with Crippen LogP contribution in [0.15, 0.2) is 24.4 Å². The molecular weight excluding hydrogens is 388 g/mol. The normalized spacial score (nSPS) is 10.7. The Bertz CT molecular complexity index is 1070. The van der Waals surface area contributed by atoms with E-state index < -0.39 is 16.7 Å². The van der Waals surface area contributed by atoms with Crippen molar-refractivity contribution in [2.45, 2.75) is 0 Å². The summed E-state index contributed by atoms with van der Waals surface area (Å²) in [6.45, 7) is -0.215. The Kier molecular flexibility index (Phi) is 5.22. The topological polar surface area (TPSA) is 132 Å². The third-order valence-corrected chi connectivity index (χ3v) is 4.71. The number of nitro benzene ring substituents is 1. The summed E-state index contributed by atoms with van der Waals surface area (Å²) >= 11 is 1.11. The molecule has 3 rings (SSSR count). The molecule has 0 aliphatic rings. The Morgan fingerprint density at radius 2 is 2.18 bits per heavy atom. The van der Waals surface area contributed by atoms with Crippen LogP contribution >= 0.6 is 11.3 Å². The number of carbonyl (C=O) groups is 2. The van der Waals surface area contributed by atoms with Crippen molar-refractivity contribution in [3.8, 4) is 5.88 Å². The number of ether oxygens (including phenoxy) is 1. The van der Waals surface area contributed by atoms with Gasteiger partial charge in [-0.2, -0.15) is 0 Å². The van der Waals surface area contributed by atoms with Crippen molar-refractivity contribution in [3.63, 3.8) is 0 Å². The van der Waals surface area contributed by atoms with E-state index in [2.05, 4.69) is 15.4 Å². The first-order valence-electron chi connectivity index (χ1n) is 7.96. The summed E-state index contributed by atoms with van der Waals surface area (Å²) in [5.41, 5.74) is 0.729. The quantitative estimate of drug-likeness (QED) is 0.488. The molecule has 2 aromatic heterocycles. The number of nitrogens with one attached hydrogen (secondary N) is 1. The number of hydrogen-bond donors (Lipinski definition) is 1. The fourth-order valence-electron chi connectivity index (χ4n) is 2.50. The summed E-state index contributed by atoms with van der Waals surface area (Å²) in [5, 5.41) is 17.8. The number of anilines is 1. The van der Waals surface area contributed by atoms with Crippen LogP contribution in [0.3, 0.4) is 0 Å². The number of aromatic nitrogens is 3. The maximum atomic E-state index is 12.5. The van der Waals surface area contributed by atoms with E-state index in [0.717, 1.165) is 11.3 Å². The van der Waals surface area contributed by atoms with Gasteiger partial charge in [0.05, 0.1) is 28.8 Å². The van der Waals surface area contributed by atoms with Crippen LogP contribution in [0.2, 0.25) is 0 Å². The molecule has 2 heterocycles. The molecule has 0 saturated carbocycles. The number of aryl methyl sites for hydroxylation is 1. The summed E-state index contributed by atoms with van der Waals surface area (Å²) in [7, 11) is 4.54. The third-order valence-electron chi connectivity index (χ3n) is 3.78. The third kappa shape index (κ3) is 3.91. The van der Waals surface area contributed by atoms with Gasteiger partial charge in [0.2, 0.25) is 11.8 Å². The van der Waals surface area contributed by atoms with E-state index >= 15 is 0 Å². The van der Waals surface area contributed by atoms with E-state index in [1.807, 2.05) is 0 Å². The zero-order valence-electron chi connectivity index (χ0n) is 15.2. The molecule has 0 bridgehead atoms. The molecule has 0 aliphatic carbocycles. The highest BCUT2D eigenvalue weighted by atomic mass is 32.1. The lowest BCUT2D eigenvalue weighted by Gasteiger charge is -2.15. The maximum Gasteiger partial charge on any atom is 0.270 e. The van der Waals surface area contributed by atoms with E-state index in [9.17, 15) is 19.7 Å². The second-order valence-electron chi connectivity index (χ2n) is 5.86.